The summed E-state index contributed by atoms with van der Waals surface area (Å²) in [6.45, 7) is 1.42. The summed E-state index contributed by atoms with van der Waals surface area (Å²) >= 11 is 19.8. The summed E-state index contributed by atoms with van der Waals surface area (Å²) in [5.74, 6) is 1.39. The van der Waals surface area contributed by atoms with Crippen molar-refractivity contribution in [3.8, 4) is 11.4 Å². The molecule has 0 aliphatic rings. The molecule has 0 saturated carbocycles. The second-order valence-electron chi connectivity index (χ2n) is 7.77. The third-order valence-electron chi connectivity index (χ3n) is 5.08. The van der Waals surface area contributed by atoms with Crippen LogP contribution in [0.5, 0.6) is 0 Å². The number of nitrogens with zero attached hydrogens (tertiary/aromatic N) is 4. The maximum Gasteiger partial charge on any atom is 0.279 e. The van der Waals surface area contributed by atoms with Crippen LogP contribution in [0.15, 0.2) is 52.4 Å². The Bertz CT molecular complexity index is 1330. The van der Waals surface area contributed by atoms with Crippen LogP contribution in [0.25, 0.3) is 22.6 Å². The fraction of sp³-hybridized carbons (Fsp3) is 0.261. The number of aromatic amines is 1. The number of nitrogens with one attached hydrogen (secondary N) is 1. The number of aromatic nitrogens is 4. The number of imidazole rings is 1. The zero-order valence-electron chi connectivity index (χ0n) is 18.1. The number of thioether (sulfide) groups is 1. The van der Waals surface area contributed by atoms with Crippen LogP contribution < -0.4 is 5.56 Å². The highest BCUT2D eigenvalue weighted by Gasteiger charge is 2.18. The van der Waals surface area contributed by atoms with Gasteiger partial charge in [0.2, 0.25) is 0 Å². The molecule has 4 rings (SSSR count). The third kappa shape index (κ3) is 5.73. The molecule has 0 aliphatic carbocycles. The first kappa shape index (κ1) is 24.1. The average molecular weight is 523 g/mol. The zero-order chi connectivity index (χ0) is 23.5. The van der Waals surface area contributed by atoms with E-state index in [0.717, 1.165) is 24.1 Å². The number of halogens is 3. The van der Waals surface area contributed by atoms with E-state index in [1.54, 1.807) is 6.07 Å². The molecular formula is C23H22Cl3N5OS. The quantitative estimate of drug-likeness (QED) is 0.239. The molecule has 0 aliphatic heterocycles. The molecule has 33 heavy (non-hydrogen) atoms. The smallest absolute Gasteiger partial charge is 0.279 e. The molecule has 2 aromatic heterocycles. The van der Waals surface area contributed by atoms with Crippen molar-refractivity contribution < 1.29 is 0 Å². The van der Waals surface area contributed by atoms with Gasteiger partial charge in [-0.05, 0) is 62.5 Å². The Morgan fingerprint density at radius 2 is 1.76 bits per heavy atom. The maximum absolute atomic E-state index is 12.9. The van der Waals surface area contributed by atoms with Crippen molar-refractivity contribution in [3.05, 3.63) is 73.4 Å². The lowest BCUT2D eigenvalue weighted by atomic mass is 10.2. The van der Waals surface area contributed by atoms with E-state index in [2.05, 4.69) is 14.9 Å². The SMILES string of the molecule is CN(C)CCn1c(-c2ccc(Cl)cc2)nc2c(=O)[nH]c(SCCc3ccc(Cl)cc3Cl)nc21. The van der Waals surface area contributed by atoms with Crippen molar-refractivity contribution in [1.29, 1.82) is 0 Å². The number of H-pyrrole nitrogens is 1. The third-order valence-corrected chi connectivity index (χ3v) is 6.80. The van der Waals surface area contributed by atoms with E-state index >= 15 is 0 Å². The molecular weight excluding hydrogens is 501 g/mol. The lowest BCUT2D eigenvalue weighted by Gasteiger charge is -2.13. The molecule has 2 aromatic carbocycles. The Morgan fingerprint density at radius 1 is 1.03 bits per heavy atom. The van der Waals surface area contributed by atoms with Crippen LogP contribution in [0.2, 0.25) is 15.1 Å². The van der Waals surface area contributed by atoms with Gasteiger partial charge in [-0.15, -0.1) is 0 Å². The van der Waals surface area contributed by atoms with Gasteiger partial charge in [-0.2, -0.15) is 0 Å². The van der Waals surface area contributed by atoms with Gasteiger partial charge in [-0.3, -0.25) is 9.78 Å². The van der Waals surface area contributed by atoms with Gasteiger partial charge in [0.15, 0.2) is 16.3 Å². The van der Waals surface area contributed by atoms with Gasteiger partial charge in [0.1, 0.15) is 5.82 Å². The molecule has 0 radical (unpaired) electrons. The molecule has 0 atom stereocenters. The lowest BCUT2D eigenvalue weighted by molar-refractivity contribution is 0.387. The van der Waals surface area contributed by atoms with Crippen LogP contribution >= 0.6 is 46.6 Å². The first-order valence-corrected chi connectivity index (χ1v) is 12.4. The van der Waals surface area contributed by atoms with Gasteiger partial charge in [0, 0.05) is 39.5 Å². The van der Waals surface area contributed by atoms with Crippen LogP contribution in [0, 0.1) is 0 Å². The number of rotatable bonds is 8. The highest BCUT2D eigenvalue weighted by Crippen LogP contribution is 2.26. The van der Waals surface area contributed by atoms with Gasteiger partial charge in [0.05, 0.1) is 0 Å². The van der Waals surface area contributed by atoms with Crippen LogP contribution in [0.4, 0.5) is 0 Å². The molecule has 0 spiro atoms. The Hall–Kier alpha value is -2.03. The molecule has 0 amide bonds. The number of hydrogen-bond donors (Lipinski definition) is 1. The van der Waals surface area contributed by atoms with E-state index in [1.165, 1.54) is 11.8 Å². The van der Waals surface area contributed by atoms with Crippen molar-refractivity contribution in [1.82, 2.24) is 24.4 Å². The molecule has 1 N–H and O–H groups in total. The monoisotopic (exact) mass is 521 g/mol. The molecule has 0 unspecified atom stereocenters. The topological polar surface area (TPSA) is 66.8 Å². The second-order valence-corrected chi connectivity index (χ2v) is 10.1. The van der Waals surface area contributed by atoms with E-state index in [1.807, 2.05) is 55.1 Å². The molecule has 4 aromatic rings. The van der Waals surface area contributed by atoms with Gasteiger partial charge < -0.3 is 9.47 Å². The number of likely N-dealkylation sites (N-methyl/N-ethyl adjacent to an activating group) is 1. The van der Waals surface area contributed by atoms with Crippen molar-refractivity contribution in [2.45, 2.75) is 18.1 Å². The fourth-order valence-electron chi connectivity index (χ4n) is 3.37. The summed E-state index contributed by atoms with van der Waals surface area (Å²) < 4.78 is 1.99. The minimum absolute atomic E-state index is 0.258. The van der Waals surface area contributed by atoms with Crippen LogP contribution in [-0.4, -0.2) is 50.8 Å². The Morgan fingerprint density at radius 3 is 2.45 bits per heavy atom. The number of aryl methyl sites for hydroxylation is 1. The van der Waals surface area contributed by atoms with Crippen molar-refractivity contribution >= 4 is 57.7 Å². The summed E-state index contributed by atoms with van der Waals surface area (Å²) in [6.07, 6.45) is 0.721. The Kier molecular flexibility index (Phi) is 7.66. The Balaban J connectivity index is 1.66. The minimum atomic E-state index is -0.258. The molecule has 2 heterocycles. The maximum atomic E-state index is 12.9. The van der Waals surface area contributed by atoms with Crippen molar-refractivity contribution in [2.75, 3.05) is 26.4 Å². The standard InChI is InChI=1S/C23H22Cl3N5OS/c1-30(2)10-11-31-20(15-4-6-16(24)7-5-15)27-19-21(31)28-23(29-22(19)32)33-12-9-14-3-8-17(25)13-18(14)26/h3-8,13H,9-12H2,1-2H3,(H,28,29,32). The van der Waals surface area contributed by atoms with Crippen LogP contribution in [0.3, 0.4) is 0 Å². The number of fused-ring (bicyclic) bond motifs is 1. The van der Waals surface area contributed by atoms with Gasteiger partial charge in [0.25, 0.3) is 5.56 Å². The van der Waals surface area contributed by atoms with E-state index in [4.69, 9.17) is 39.8 Å². The predicted octanol–water partition coefficient (Wildman–Crippen LogP) is 5.64. The van der Waals surface area contributed by atoms with E-state index < -0.39 is 0 Å². The van der Waals surface area contributed by atoms with Gasteiger partial charge in [-0.1, -0.05) is 52.6 Å². The summed E-state index contributed by atoms with van der Waals surface area (Å²) in [4.78, 5) is 27.2. The second kappa shape index (κ2) is 10.5. The molecule has 0 bridgehead atoms. The first-order valence-electron chi connectivity index (χ1n) is 10.3. The molecule has 10 heteroatoms. The largest absolute Gasteiger partial charge is 0.308 e. The fourth-order valence-corrected chi connectivity index (χ4v) is 4.83. The predicted molar refractivity (Wildman–Crippen MR) is 138 cm³/mol. The summed E-state index contributed by atoms with van der Waals surface area (Å²) in [7, 11) is 4.01. The number of benzene rings is 2. The normalized spacial score (nSPS) is 11.6. The van der Waals surface area contributed by atoms with E-state index in [0.29, 0.717) is 49.5 Å². The molecule has 0 fully saturated rings. The number of hydrogen-bond acceptors (Lipinski definition) is 5. The molecule has 6 nitrogen and oxygen atoms in total. The first-order chi connectivity index (χ1) is 15.8. The molecule has 0 saturated heterocycles. The van der Waals surface area contributed by atoms with Crippen molar-refractivity contribution in [3.63, 3.8) is 0 Å². The molecule has 172 valence electrons. The van der Waals surface area contributed by atoms with E-state index in [-0.39, 0.29) is 5.56 Å². The Labute approximate surface area is 210 Å². The highest BCUT2D eigenvalue weighted by molar-refractivity contribution is 7.99. The highest BCUT2D eigenvalue weighted by atomic mass is 35.5. The van der Waals surface area contributed by atoms with Gasteiger partial charge >= 0.3 is 0 Å². The van der Waals surface area contributed by atoms with E-state index in [9.17, 15) is 4.79 Å². The summed E-state index contributed by atoms with van der Waals surface area (Å²) in [6, 6.07) is 12.9. The summed E-state index contributed by atoms with van der Waals surface area (Å²) in [5, 5.41) is 2.43. The lowest BCUT2D eigenvalue weighted by Crippen LogP contribution is -2.19. The average Bonchev–Trinajstić information content (AvgIpc) is 3.13. The van der Waals surface area contributed by atoms with Crippen LogP contribution in [-0.2, 0) is 13.0 Å². The van der Waals surface area contributed by atoms with Crippen molar-refractivity contribution in [2.24, 2.45) is 0 Å². The minimum Gasteiger partial charge on any atom is -0.308 e. The van der Waals surface area contributed by atoms with Gasteiger partial charge in [-0.25, -0.2) is 9.97 Å². The summed E-state index contributed by atoms with van der Waals surface area (Å²) in [5.41, 5.74) is 2.51. The zero-order valence-corrected chi connectivity index (χ0v) is 21.2. The van der Waals surface area contributed by atoms with Crippen LogP contribution in [0.1, 0.15) is 5.56 Å².